The van der Waals surface area contributed by atoms with Crippen LogP contribution in [-0.4, -0.2) is 5.78 Å². The molecule has 1 saturated carbocycles. The van der Waals surface area contributed by atoms with Gasteiger partial charge in [-0.25, -0.2) is 0 Å². The molecule has 0 bridgehead atoms. The standard InChI is InChI=1S/C14H16Cl2O/c1-14(6-2-3-7-14)13(17)9-10-8-11(15)4-5-12(10)16/h4-5,8H,2-3,6-7,9H2,1H3. The highest BCUT2D eigenvalue weighted by Gasteiger charge is 2.35. The summed E-state index contributed by atoms with van der Waals surface area (Å²) in [6.45, 7) is 2.07. The molecular formula is C14H16Cl2O. The zero-order chi connectivity index (χ0) is 12.5. The lowest BCUT2D eigenvalue weighted by molar-refractivity contribution is -0.126. The molecule has 0 amide bonds. The van der Waals surface area contributed by atoms with Crippen LogP contribution in [0.25, 0.3) is 0 Å². The Labute approximate surface area is 112 Å². The average molecular weight is 271 g/mol. The SMILES string of the molecule is CC1(C(=O)Cc2cc(Cl)ccc2Cl)CCCC1. The Kier molecular flexibility index (Phi) is 3.79. The Balaban J connectivity index is 2.15. The maximum Gasteiger partial charge on any atom is 0.143 e. The molecule has 0 saturated heterocycles. The van der Waals surface area contributed by atoms with Crippen molar-refractivity contribution >= 4 is 29.0 Å². The molecule has 1 aliphatic carbocycles. The summed E-state index contributed by atoms with van der Waals surface area (Å²) in [4.78, 5) is 12.3. The van der Waals surface area contributed by atoms with Gasteiger partial charge in [0.15, 0.2) is 0 Å². The molecule has 92 valence electrons. The van der Waals surface area contributed by atoms with Gasteiger partial charge >= 0.3 is 0 Å². The number of Topliss-reactive ketones (excluding diaryl/α,β-unsaturated/α-hetero) is 1. The Hall–Kier alpha value is -0.530. The van der Waals surface area contributed by atoms with Gasteiger partial charge in [-0.2, -0.15) is 0 Å². The monoisotopic (exact) mass is 270 g/mol. The number of rotatable bonds is 3. The van der Waals surface area contributed by atoms with E-state index in [1.165, 1.54) is 0 Å². The normalized spacial score (nSPS) is 18.3. The van der Waals surface area contributed by atoms with E-state index >= 15 is 0 Å². The minimum absolute atomic E-state index is 0.147. The quantitative estimate of drug-likeness (QED) is 0.779. The molecule has 0 aliphatic heterocycles. The minimum Gasteiger partial charge on any atom is -0.299 e. The molecule has 0 unspecified atom stereocenters. The van der Waals surface area contributed by atoms with Crippen LogP contribution in [0.2, 0.25) is 10.0 Å². The van der Waals surface area contributed by atoms with Gasteiger partial charge in [-0.05, 0) is 36.6 Å². The van der Waals surface area contributed by atoms with Crippen LogP contribution in [-0.2, 0) is 11.2 Å². The van der Waals surface area contributed by atoms with Crippen LogP contribution in [0, 0.1) is 5.41 Å². The maximum absolute atomic E-state index is 12.3. The van der Waals surface area contributed by atoms with Gasteiger partial charge < -0.3 is 0 Å². The van der Waals surface area contributed by atoms with Crippen LogP contribution in [0.15, 0.2) is 18.2 Å². The van der Waals surface area contributed by atoms with E-state index in [-0.39, 0.29) is 5.41 Å². The number of hydrogen-bond acceptors (Lipinski definition) is 1. The molecule has 1 aliphatic rings. The predicted molar refractivity (Wildman–Crippen MR) is 71.7 cm³/mol. The Morgan fingerprint density at radius 1 is 1.29 bits per heavy atom. The van der Waals surface area contributed by atoms with Crippen molar-refractivity contribution in [3.05, 3.63) is 33.8 Å². The molecule has 17 heavy (non-hydrogen) atoms. The highest BCUT2D eigenvalue weighted by molar-refractivity contribution is 6.33. The fourth-order valence-electron chi connectivity index (χ4n) is 2.50. The van der Waals surface area contributed by atoms with E-state index in [0.29, 0.717) is 22.2 Å². The molecule has 2 rings (SSSR count). The third kappa shape index (κ3) is 2.83. The summed E-state index contributed by atoms with van der Waals surface area (Å²) in [6.07, 6.45) is 4.72. The molecule has 0 aromatic heterocycles. The van der Waals surface area contributed by atoms with Crippen molar-refractivity contribution in [1.29, 1.82) is 0 Å². The second-order valence-electron chi connectivity index (χ2n) is 5.10. The molecular weight excluding hydrogens is 255 g/mol. The first-order valence-corrected chi connectivity index (χ1v) is 6.74. The smallest absolute Gasteiger partial charge is 0.143 e. The first kappa shape index (κ1) is 12.9. The van der Waals surface area contributed by atoms with E-state index in [1.54, 1.807) is 18.2 Å². The number of benzene rings is 1. The lowest BCUT2D eigenvalue weighted by Crippen LogP contribution is -2.26. The highest BCUT2D eigenvalue weighted by atomic mass is 35.5. The predicted octanol–water partition coefficient (Wildman–Crippen LogP) is 4.69. The van der Waals surface area contributed by atoms with Gasteiger partial charge in [0.2, 0.25) is 0 Å². The number of carbonyl (C=O) groups is 1. The molecule has 0 spiro atoms. The molecule has 0 N–H and O–H groups in total. The summed E-state index contributed by atoms with van der Waals surface area (Å²) in [6, 6.07) is 5.29. The molecule has 3 heteroatoms. The molecule has 1 fully saturated rings. The topological polar surface area (TPSA) is 17.1 Å². The molecule has 1 nitrogen and oxygen atoms in total. The highest BCUT2D eigenvalue weighted by Crippen LogP contribution is 2.39. The summed E-state index contributed by atoms with van der Waals surface area (Å²) in [5.41, 5.74) is 0.698. The number of halogens is 2. The zero-order valence-electron chi connectivity index (χ0n) is 9.93. The van der Waals surface area contributed by atoms with Crippen molar-refractivity contribution in [2.75, 3.05) is 0 Å². The largest absolute Gasteiger partial charge is 0.299 e. The Morgan fingerprint density at radius 3 is 2.59 bits per heavy atom. The first-order valence-electron chi connectivity index (χ1n) is 5.98. The average Bonchev–Trinajstić information content (AvgIpc) is 2.72. The summed E-state index contributed by atoms with van der Waals surface area (Å²) >= 11 is 12.0. The second-order valence-corrected chi connectivity index (χ2v) is 5.95. The van der Waals surface area contributed by atoms with E-state index in [9.17, 15) is 4.79 Å². The van der Waals surface area contributed by atoms with Crippen molar-refractivity contribution in [3.8, 4) is 0 Å². The number of ketones is 1. The van der Waals surface area contributed by atoms with Crippen LogP contribution in [0.4, 0.5) is 0 Å². The Bertz CT molecular complexity index is 434. The summed E-state index contributed by atoms with van der Waals surface area (Å²) in [7, 11) is 0. The van der Waals surface area contributed by atoms with Crippen molar-refractivity contribution in [2.45, 2.75) is 39.0 Å². The van der Waals surface area contributed by atoms with E-state index in [1.807, 2.05) is 0 Å². The number of hydrogen-bond donors (Lipinski definition) is 0. The van der Waals surface area contributed by atoms with Crippen molar-refractivity contribution < 1.29 is 4.79 Å². The van der Waals surface area contributed by atoms with Gasteiger partial charge in [0.1, 0.15) is 5.78 Å². The van der Waals surface area contributed by atoms with Crippen molar-refractivity contribution in [2.24, 2.45) is 5.41 Å². The van der Waals surface area contributed by atoms with E-state index in [2.05, 4.69) is 6.92 Å². The van der Waals surface area contributed by atoms with Crippen LogP contribution < -0.4 is 0 Å². The third-order valence-corrected chi connectivity index (χ3v) is 4.34. The zero-order valence-corrected chi connectivity index (χ0v) is 11.4. The first-order chi connectivity index (χ1) is 8.01. The van der Waals surface area contributed by atoms with Gasteiger partial charge in [-0.3, -0.25) is 4.79 Å². The van der Waals surface area contributed by atoms with E-state index in [0.717, 1.165) is 31.2 Å². The van der Waals surface area contributed by atoms with E-state index in [4.69, 9.17) is 23.2 Å². The molecule has 1 aromatic rings. The second kappa shape index (κ2) is 4.99. The number of carbonyl (C=O) groups excluding carboxylic acids is 1. The third-order valence-electron chi connectivity index (χ3n) is 3.74. The van der Waals surface area contributed by atoms with Gasteiger partial charge in [-0.1, -0.05) is 43.0 Å². The minimum atomic E-state index is -0.147. The van der Waals surface area contributed by atoms with Gasteiger partial charge in [0, 0.05) is 21.9 Å². The Morgan fingerprint density at radius 2 is 1.94 bits per heavy atom. The van der Waals surface area contributed by atoms with Gasteiger partial charge in [-0.15, -0.1) is 0 Å². The summed E-state index contributed by atoms with van der Waals surface area (Å²) < 4.78 is 0. The van der Waals surface area contributed by atoms with Gasteiger partial charge in [0.05, 0.1) is 0 Å². The van der Waals surface area contributed by atoms with Gasteiger partial charge in [0.25, 0.3) is 0 Å². The molecule has 0 atom stereocenters. The van der Waals surface area contributed by atoms with Crippen LogP contribution >= 0.6 is 23.2 Å². The molecule has 0 heterocycles. The summed E-state index contributed by atoms with van der Waals surface area (Å²) in [5, 5.41) is 1.26. The fourth-order valence-corrected chi connectivity index (χ4v) is 2.88. The lowest BCUT2D eigenvalue weighted by Gasteiger charge is -2.21. The van der Waals surface area contributed by atoms with Crippen LogP contribution in [0.3, 0.4) is 0 Å². The molecule has 1 aromatic carbocycles. The van der Waals surface area contributed by atoms with Crippen LogP contribution in [0.5, 0.6) is 0 Å². The fraction of sp³-hybridized carbons (Fsp3) is 0.500. The van der Waals surface area contributed by atoms with Crippen molar-refractivity contribution in [3.63, 3.8) is 0 Å². The maximum atomic E-state index is 12.3. The summed E-state index contributed by atoms with van der Waals surface area (Å²) in [5.74, 6) is 0.291. The van der Waals surface area contributed by atoms with Crippen molar-refractivity contribution in [1.82, 2.24) is 0 Å². The molecule has 0 radical (unpaired) electrons. The lowest BCUT2D eigenvalue weighted by atomic mass is 9.81. The van der Waals surface area contributed by atoms with Crippen LogP contribution in [0.1, 0.15) is 38.2 Å². The van der Waals surface area contributed by atoms with E-state index < -0.39 is 0 Å².